The number of hydrogen-bond donors (Lipinski definition) is 3. The second-order valence-corrected chi connectivity index (χ2v) is 6.17. The molecule has 0 unspecified atom stereocenters. The smallest absolute Gasteiger partial charge is 0.424 e. The number of benzene rings is 1. The molecule has 0 saturated carbocycles. The highest BCUT2D eigenvalue weighted by molar-refractivity contribution is 6.31. The largest absolute Gasteiger partial charge is 0.440 e. The number of nitrogen functional groups attached to an aromatic ring is 1. The van der Waals surface area contributed by atoms with Crippen molar-refractivity contribution in [1.82, 2.24) is 5.01 Å². The van der Waals surface area contributed by atoms with E-state index in [2.05, 4.69) is 4.90 Å². The molecular weight excluding hydrogens is 306 g/mol. The van der Waals surface area contributed by atoms with Gasteiger partial charge in [0.2, 0.25) is 0 Å². The molecule has 2 fully saturated rings. The van der Waals surface area contributed by atoms with Crippen molar-refractivity contribution >= 4 is 35.3 Å². The van der Waals surface area contributed by atoms with Crippen molar-refractivity contribution < 1.29 is 9.53 Å². The number of nitrogens with zero attached hydrogens (tertiary/aromatic N) is 2. The number of hydrogen-bond acceptors (Lipinski definition) is 6. The number of carbonyl (C=O) groups excluding carboxylic acids is 1. The van der Waals surface area contributed by atoms with Gasteiger partial charge in [-0.3, -0.25) is 0 Å². The summed E-state index contributed by atoms with van der Waals surface area (Å²) in [7, 11) is 0. The molecule has 5 N–H and O–H groups in total. The normalized spacial score (nSPS) is 20.4. The molecule has 1 amide bonds. The Labute approximate surface area is 133 Å². The molecule has 8 heteroatoms. The summed E-state index contributed by atoms with van der Waals surface area (Å²) in [5.41, 5.74) is 7.41. The van der Waals surface area contributed by atoms with E-state index in [1.54, 1.807) is 6.07 Å². The van der Waals surface area contributed by atoms with E-state index in [9.17, 15) is 4.79 Å². The molecule has 7 nitrogen and oxygen atoms in total. The minimum atomic E-state index is -0.503. The minimum Gasteiger partial charge on any atom is -0.440 e. The Balaban J connectivity index is 1.80. The van der Waals surface area contributed by atoms with E-state index in [1.807, 2.05) is 6.07 Å². The summed E-state index contributed by atoms with van der Waals surface area (Å²) in [6.45, 7) is 1.78. The fourth-order valence-corrected chi connectivity index (χ4v) is 3.33. The maximum atomic E-state index is 11.5. The van der Waals surface area contributed by atoms with Crippen LogP contribution >= 0.6 is 11.6 Å². The first-order valence-electron chi connectivity index (χ1n) is 7.04. The molecule has 1 aromatic carbocycles. The summed E-state index contributed by atoms with van der Waals surface area (Å²) in [6.07, 6.45) is 2.12. The van der Waals surface area contributed by atoms with Crippen LogP contribution in [0.5, 0.6) is 0 Å². The standard InChI is InChI=1S/C14H18ClN5O2/c15-9-5-11(17)10(7-16)12(6-9)19-3-1-14(2-4-19)8-20(18)13(21)22-14/h5-7,16H,1-4,8,17-18H2. The zero-order valence-electron chi connectivity index (χ0n) is 12.0. The maximum Gasteiger partial charge on any atom is 0.424 e. The highest BCUT2D eigenvalue weighted by Crippen LogP contribution is 2.36. The summed E-state index contributed by atoms with van der Waals surface area (Å²) in [6, 6.07) is 3.45. The summed E-state index contributed by atoms with van der Waals surface area (Å²) in [4.78, 5) is 13.6. The van der Waals surface area contributed by atoms with Crippen LogP contribution in [0.1, 0.15) is 18.4 Å². The van der Waals surface area contributed by atoms with Crippen LogP contribution in [-0.4, -0.2) is 42.6 Å². The van der Waals surface area contributed by atoms with Gasteiger partial charge in [-0.25, -0.2) is 15.6 Å². The Kier molecular flexibility index (Phi) is 3.62. The monoisotopic (exact) mass is 323 g/mol. The number of halogens is 1. The summed E-state index contributed by atoms with van der Waals surface area (Å²) >= 11 is 6.08. The molecule has 2 saturated heterocycles. The molecule has 0 atom stereocenters. The number of nitrogens with one attached hydrogen (secondary N) is 1. The molecule has 0 radical (unpaired) electrons. The van der Waals surface area contributed by atoms with Crippen molar-refractivity contribution in [3.8, 4) is 0 Å². The topological polar surface area (TPSA) is 109 Å². The number of carbonyl (C=O) groups is 1. The number of amides is 1. The zero-order valence-corrected chi connectivity index (χ0v) is 12.8. The van der Waals surface area contributed by atoms with Crippen LogP contribution in [0.3, 0.4) is 0 Å². The zero-order chi connectivity index (χ0) is 15.9. The Morgan fingerprint density at radius 3 is 2.59 bits per heavy atom. The molecule has 118 valence electrons. The summed E-state index contributed by atoms with van der Waals surface area (Å²) in [5.74, 6) is 5.60. The highest BCUT2D eigenvalue weighted by atomic mass is 35.5. The third kappa shape index (κ3) is 2.46. The van der Waals surface area contributed by atoms with Gasteiger partial charge in [0, 0.05) is 54.1 Å². The lowest BCUT2D eigenvalue weighted by Gasteiger charge is -2.39. The first-order valence-corrected chi connectivity index (χ1v) is 7.41. The van der Waals surface area contributed by atoms with Crippen LogP contribution in [0, 0.1) is 5.41 Å². The van der Waals surface area contributed by atoms with Gasteiger partial charge in [-0.05, 0) is 12.1 Å². The van der Waals surface area contributed by atoms with E-state index in [4.69, 9.17) is 33.3 Å². The minimum absolute atomic E-state index is 0.411. The SMILES string of the molecule is N=Cc1c(N)cc(Cl)cc1N1CCC2(CC1)CN(N)C(=O)O2. The van der Waals surface area contributed by atoms with Crippen molar-refractivity contribution in [1.29, 1.82) is 5.41 Å². The average molecular weight is 324 g/mol. The molecule has 0 aliphatic carbocycles. The van der Waals surface area contributed by atoms with Crippen molar-refractivity contribution in [2.75, 3.05) is 30.3 Å². The van der Waals surface area contributed by atoms with Crippen LogP contribution in [0.15, 0.2) is 12.1 Å². The van der Waals surface area contributed by atoms with E-state index in [0.717, 1.165) is 10.7 Å². The number of rotatable bonds is 2. The molecule has 22 heavy (non-hydrogen) atoms. The van der Waals surface area contributed by atoms with Crippen LogP contribution in [-0.2, 0) is 4.74 Å². The van der Waals surface area contributed by atoms with Crippen LogP contribution < -0.4 is 16.5 Å². The molecule has 1 aromatic rings. The van der Waals surface area contributed by atoms with Gasteiger partial charge in [0.1, 0.15) is 5.60 Å². The Bertz CT molecular complexity index is 628. The number of nitrogens with two attached hydrogens (primary N) is 2. The van der Waals surface area contributed by atoms with Gasteiger partial charge in [-0.15, -0.1) is 0 Å². The fraction of sp³-hybridized carbons (Fsp3) is 0.429. The molecule has 0 aromatic heterocycles. The van der Waals surface area contributed by atoms with Crippen molar-refractivity contribution in [2.24, 2.45) is 5.84 Å². The molecule has 1 spiro atoms. The second-order valence-electron chi connectivity index (χ2n) is 5.74. The van der Waals surface area contributed by atoms with Gasteiger partial charge in [0.15, 0.2) is 0 Å². The van der Waals surface area contributed by atoms with E-state index >= 15 is 0 Å². The van der Waals surface area contributed by atoms with E-state index < -0.39 is 11.7 Å². The number of piperidine rings is 1. The molecule has 3 rings (SSSR count). The molecule has 2 aliphatic heterocycles. The third-order valence-electron chi connectivity index (χ3n) is 4.31. The van der Waals surface area contributed by atoms with Gasteiger partial charge < -0.3 is 20.8 Å². The first-order chi connectivity index (χ1) is 10.4. The fourth-order valence-electron chi connectivity index (χ4n) is 3.11. The van der Waals surface area contributed by atoms with Gasteiger partial charge in [-0.2, -0.15) is 0 Å². The van der Waals surface area contributed by atoms with Gasteiger partial charge in [0.05, 0.1) is 6.54 Å². The number of ether oxygens (including phenoxy) is 1. The first kappa shape index (κ1) is 14.9. The lowest BCUT2D eigenvalue weighted by molar-refractivity contribution is 0.0367. The van der Waals surface area contributed by atoms with Gasteiger partial charge >= 0.3 is 6.09 Å². The second kappa shape index (κ2) is 5.33. The van der Waals surface area contributed by atoms with Crippen LogP contribution in [0.25, 0.3) is 0 Å². The average Bonchev–Trinajstić information content (AvgIpc) is 2.73. The Morgan fingerprint density at radius 1 is 1.36 bits per heavy atom. The maximum absolute atomic E-state index is 11.5. The van der Waals surface area contributed by atoms with Gasteiger partial charge in [0.25, 0.3) is 0 Å². The third-order valence-corrected chi connectivity index (χ3v) is 4.53. The summed E-state index contributed by atoms with van der Waals surface area (Å²) < 4.78 is 5.43. The highest BCUT2D eigenvalue weighted by Gasteiger charge is 2.46. The van der Waals surface area contributed by atoms with Gasteiger partial charge in [-0.1, -0.05) is 11.6 Å². The predicted octanol–water partition coefficient (Wildman–Crippen LogP) is 1.58. The Hall–Kier alpha value is -1.99. The van der Waals surface area contributed by atoms with Crippen molar-refractivity contribution in [3.05, 3.63) is 22.7 Å². The van der Waals surface area contributed by atoms with E-state index in [-0.39, 0.29) is 0 Å². The quantitative estimate of drug-likeness (QED) is 0.331. The summed E-state index contributed by atoms with van der Waals surface area (Å²) in [5, 5.41) is 9.22. The molecular formula is C14H18ClN5O2. The molecule has 2 heterocycles. The van der Waals surface area contributed by atoms with Crippen molar-refractivity contribution in [2.45, 2.75) is 18.4 Å². The van der Waals surface area contributed by atoms with E-state index in [1.165, 1.54) is 6.21 Å². The van der Waals surface area contributed by atoms with Crippen LogP contribution in [0.2, 0.25) is 5.02 Å². The predicted molar refractivity (Wildman–Crippen MR) is 85.3 cm³/mol. The van der Waals surface area contributed by atoms with E-state index in [0.29, 0.717) is 48.7 Å². The van der Waals surface area contributed by atoms with Crippen molar-refractivity contribution in [3.63, 3.8) is 0 Å². The van der Waals surface area contributed by atoms with Crippen LogP contribution in [0.4, 0.5) is 16.2 Å². The number of anilines is 2. The molecule has 0 bridgehead atoms. The Morgan fingerprint density at radius 2 is 2.05 bits per heavy atom. The number of hydrazine groups is 1. The lowest BCUT2D eigenvalue weighted by atomic mass is 9.91. The lowest BCUT2D eigenvalue weighted by Crippen LogP contribution is -2.47. The molecule has 2 aliphatic rings.